The molecule has 0 saturated carbocycles. The van der Waals surface area contributed by atoms with Crippen LogP contribution in [0.2, 0.25) is 0 Å². The Morgan fingerprint density at radius 3 is 2.33 bits per heavy atom. The fraction of sp³-hybridized carbons (Fsp3) is 0.350. The van der Waals surface area contributed by atoms with E-state index in [9.17, 15) is 14.4 Å². The summed E-state index contributed by atoms with van der Waals surface area (Å²) >= 11 is 0. The van der Waals surface area contributed by atoms with E-state index in [2.05, 4.69) is 0 Å². The van der Waals surface area contributed by atoms with Crippen LogP contribution < -0.4 is 0 Å². The predicted octanol–water partition coefficient (Wildman–Crippen LogP) is 2.04. The lowest BCUT2D eigenvalue weighted by molar-refractivity contribution is -0.136. The highest BCUT2D eigenvalue weighted by atomic mass is 16.5. The summed E-state index contributed by atoms with van der Waals surface area (Å²) in [6.07, 6.45) is 1.46. The molecule has 27 heavy (non-hydrogen) atoms. The Morgan fingerprint density at radius 2 is 1.70 bits per heavy atom. The molecule has 0 N–H and O–H groups in total. The molecule has 0 aliphatic carbocycles. The summed E-state index contributed by atoms with van der Waals surface area (Å²) < 4.78 is 10.3. The van der Waals surface area contributed by atoms with Crippen molar-refractivity contribution in [2.75, 3.05) is 32.8 Å². The van der Waals surface area contributed by atoms with E-state index in [-0.39, 0.29) is 24.2 Å². The summed E-state index contributed by atoms with van der Waals surface area (Å²) in [7, 11) is 0. The second-order valence-corrected chi connectivity index (χ2v) is 6.53. The molecule has 1 aliphatic heterocycles. The highest BCUT2D eigenvalue weighted by Gasteiger charge is 2.26. The lowest BCUT2D eigenvalue weighted by Gasteiger charge is -2.34. The molecule has 7 heteroatoms. The minimum Gasteiger partial charge on any atom is -0.459 e. The van der Waals surface area contributed by atoms with Gasteiger partial charge in [-0.25, -0.2) is 4.79 Å². The van der Waals surface area contributed by atoms with Crippen molar-refractivity contribution in [3.05, 3.63) is 59.0 Å². The first-order valence-electron chi connectivity index (χ1n) is 8.80. The second kappa shape index (κ2) is 8.07. The summed E-state index contributed by atoms with van der Waals surface area (Å²) in [5.41, 5.74) is 2.51. The minimum atomic E-state index is -0.516. The van der Waals surface area contributed by atoms with Crippen LogP contribution in [0.1, 0.15) is 32.0 Å². The third kappa shape index (κ3) is 4.36. The Morgan fingerprint density at radius 1 is 1.00 bits per heavy atom. The Balaban J connectivity index is 1.47. The van der Waals surface area contributed by atoms with E-state index in [1.807, 2.05) is 19.9 Å². The number of furan rings is 1. The van der Waals surface area contributed by atoms with E-state index in [4.69, 9.17) is 9.15 Å². The lowest BCUT2D eigenvalue weighted by atomic mass is 10.1. The number of piperazine rings is 1. The number of carbonyl (C=O) groups excluding carboxylic acids is 3. The number of aryl methyl sites for hydroxylation is 2. The van der Waals surface area contributed by atoms with Crippen LogP contribution in [0.5, 0.6) is 0 Å². The fourth-order valence-electron chi connectivity index (χ4n) is 2.89. The average Bonchev–Trinajstić information content (AvgIpc) is 3.22. The second-order valence-electron chi connectivity index (χ2n) is 6.53. The molecule has 3 rings (SSSR count). The van der Waals surface area contributed by atoms with Crippen molar-refractivity contribution in [2.45, 2.75) is 13.8 Å². The quantitative estimate of drug-likeness (QED) is 0.770. The van der Waals surface area contributed by atoms with Gasteiger partial charge in [0.25, 0.3) is 11.8 Å². The van der Waals surface area contributed by atoms with Gasteiger partial charge in [-0.3, -0.25) is 9.59 Å². The van der Waals surface area contributed by atoms with Gasteiger partial charge >= 0.3 is 5.97 Å². The van der Waals surface area contributed by atoms with Gasteiger partial charge in [-0.15, -0.1) is 0 Å². The molecular weight excluding hydrogens is 348 g/mol. The fourth-order valence-corrected chi connectivity index (χ4v) is 2.89. The van der Waals surface area contributed by atoms with Crippen molar-refractivity contribution in [3.63, 3.8) is 0 Å². The highest BCUT2D eigenvalue weighted by molar-refractivity contribution is 5.92. The van der Waals surface area contributed by atoms with Crippen LogP contribution in [-0.4, -0.2) is 60.4 Å². The molecule has 142 valence electrons. The first-order valence-corrected chi connectivity index (χ1v) is 8.80. The van der Waals surface area contributed by atoms with Crippen LogP contribution in [0, 0.1) is 13.8 Å². The molecule has 2 amide bonds. The molecule has 1 aromatic heterocycles. The van der Waals surface area contributed by atoms with Crippen LogP contribution in [0.3, 0.4) is 0 Å². The molecular formula is C20H22N2O5. The third-order valence-corrected chi connectivity index (χ3v) is 4.72. The van der Waals surface area contributed by atoms with Crippen LogP contribution >= 0.6 is 0 Å². The Bertz CT molecular complexity index is 836. The summed E-state index contributed by atoms with van der Waals surface area (Å²) in [4.78, 5) is 39.9. The molecule has 0 unspecified atom stereocenters. The normalized spacial score (nSPS) is 14.1. The average molecular weight is 370 g/mol. The van der Waals surface area contributed by atoms with Gasteiger partial charge in [-0.1, -0.05) is 6.07 Å². The highest BCUT2D eigenvalue weighted by Crippen LogP contribution is 2.12. The van der Waals surface area contributed by atoms with Crippen LogP contribution in [0.25, 0.3) is 0 Å². The molecule has 1 fully saturated rings. The SMILES string of the molecule is Cc1ccc(C(=O)OCC(=O)N2CCN(C(=O)c3ccco3)CC2)cc1C. The number of benzene rings is 1. The zero-order chi connectivity index (χ0) is 19.4. The molecule has 0 radical (unpaired) electrons. The van der Waals surface area contributed by atoms with Gasteiger partial charge in [0.1, 0.15) is 0 Å². The molecule has 0 bridgehead atoms. The number of carbonyl (C=O) groups is 3. The van der Waals surface area contributed by atoms with Crippen LogP contribution in [0.15, 0.2) is 41.0 Å². The number of amides is 2. The Labute approximate surface area is 157 Å². The van der Waals surface area contributed by atoms with E-state index in [1.54, 1.807) is 34.1 Å². The van der Waals surface area contributed by atoms with Gasteiger partial charge in [0.15, 0.2) is 12.4 Å². The summed E-state index contributed by atoms with van der Waals surface area (Å²) in [6.45, 7) is 5.19. The maximum Gasteiger partial charge on any atom is 0.338 e. The molecule has 2 heterocycles. The van der Waals surface area contributed by atoms with Gasteiger partial charge in [0.2, 0.25) is 0 Å². The molecule has 1 aromatic carbocycles. The summed E-state index contributed by atoms with van der Waals surface area (Å²) in [6, 6.07) is 8.57. The summed E-state index contributed by atoms with van der Waals surface area (Å²) in [5.74, 6) is -0.680. The maximum absolute atomic E-state index is 12.3. The molecule has 0 atom stereocenters. The first-order chi connectivity index (χ1) is 13.0. The first kappa shape index (κ1) is 18.7. The molecule has 2 aromatic rings. The third-order valence-electron chi connectivity index (χ3n) is 4.72. The van der Waals surface area contributed by atoms with Crippen molar-refractivity contribution < 1.29 is 23.5 Å². The van der Waals surface area contributed by atoms with Crippen LogP contribution in [-0.2, 0) is 9.53 Å². The number of nitrogens with zero attached hydrogens (tertiary/aromatic N) is 2. The van der Waals surface area contributed by atoms with E-state index in [0.717, 1.165) is 11.1 Å². The smallest absolute Gasteiger partial charge is 0.338 e. The van der Waals surface area contributed by atoms with Crippen molar-refractivity contribution in [1.29, 1.82) is 0 Å². The molecule has 0 spiro atoms. The Kier molecular flexibility index (Phi) is 5.59. The van der Waals surface area contributed by atoms with Crippen molar-refractivity contribution in [3.8, 4) is 0 Å². The topological polar surface area (TPSA) is 80.1 Å². The van der Waals surface area contributed by atoms with Gasteiger partial charge in [-0.2, -0.15) is 0 Å². The number of rotatable bonds is 4. The van der Waals surface area contributed by atoms with E-state index in [1.165, 1.54) is 6.26 Å². The van der Waals surface area contributed by atoms with E-state index >= 15 is 0 Å². The Hall–Kier alpha value is -3.09. The predicted molar refractivity (Wildman–Crippen MR) is 97.4 cm³/mol. The zero-order valence-electron chi connectivity index (χ0n) is 15.4. The molecule has 1 saturated heterocycles. The molecule has 7 nitrogen and oxygen atoms in total. The number of ether oxygens (including phenoxy) is 1. The van der Waals surface area contributed by atoms with Gasteiger partial charge in [-0.05, 0) is 49.2 Å². The monoisotopic (exact) mass is 370 g/mol. The standard InChI is InChI=1S/C20H22N2O5/c1-14-5-6-16(12-15(14)2)20(25)27-13-18(23)21-7-9-22(10-8-21)19(24)17-4-3-11-26-17/h3-6,11-12H,7-10,13H2,1-2H3. The van der Waals surface area contributed by atoms with E-state index < -0.39 is 5.97 Å². The van der Waals surface area contributed by atoms with Crippen molar-refractivity contribution >= 4 is 17.8 Å². The van der Waals surface area contributed by atoms with Gasteiger partial charge < -0.3 is 19.0 Å². The number of hydrogen-bond acceptors (Lipinski definition) is 5. The molecule has 1 aliphatic rings. The van der Waals surface area contributed by atoms with Gasteiger partial charge in [0, 0.05) is 26.2 Å². The number of esters is 1. The number of hydrogen-bond donors (Lipinski definition) is 0. The largest absolute Gasteiger partial charge is 0.459 e. The lowest BCUT2D eigenvalue weighted by Crippen LogP contribution is -2.51. The van der Waals surface area contributed by atoms with Gasteiger partial charge in [0.05, 0.1) is 11.8 Å². The van der Waals surface area contributed by atoms with Crippen molar-refractivity contribution in [1.82, 2.24) is 9.80 Å². The van der Waals surface area contributed by atoms with E-state index in [0.29, 0.717) is 31.7 Å². The maximum atomic E-state index is 12.3. The zero-order valence-corrected chi connectivity index (χ0v) is 15.4. The van der Waals surface area contributed by atoms with Crippen LogP contribution in [0.4, 0.5) is 0 Å². The van der Waals surface area contributed by atoms with Crippen molar-refractivity contribution in [2.24, 2.45) is 0 Å². The minimum absolute atomic E-state index is 0.187. The summed E-state index contributed by atoms with van der Waals surface area (Å²) in [5, 5.41) is 0.